The first-order chi connectivity index (χ1) is 14.8. The molecule has 1 aromatic heterocycles. The number of benzene rings is 2. The molecule has 0 bridgehead atoms. The smallest absolute Gasteiger partial charge is 0.329 e. The lowest BCUT2D eigenvalue weighted by Crippen LogP contribution is -2.32. The molecule has 31 heavy (non-hydrogen) atoms. The summed E-state index contributed by atoms with van der Waals surface area (Å²) >= 11 is 0. The van der Waals surface area contributed by atoms with E-state index in [1.54, 1.807) is 25.1 Å². The third-order valence-corrected chi connectivity index (χ3v) is 4.60. The number of amides is 2. The van der Waals surface area contributed by atoms with Crippen LogP contribution < -0.4 is 10.7 Å². The molecule has 0 radical (unpaired) electrons. The number of nitro groups is 1. The van der Waals surface area contributed by atoms with Crippen molar-refractivity contribution in [3.8, 4) is 11.3 Å². The monoisotopic (exact) mass is 420 g/mol. The summed E-state index contributed by atoms with van der Waals surface area (Å²) in [5.74, 6) is -0.927. The van der Waals surface area contributed by atoms with E-state index in [0.717, 1.165) is 11.1 Å². The second-order valence-corrected chi connectivity index (χ2v) is 6.88. The minimum absolute atomic E-state index is 0.00327. The van der Waals surface area contributed by atoms with E-state index in [1.165, 1.54) is 18.3 Å². The molecule has 0 saturated heterocycles. The molecule has 3 rings (SSSR count). The summed E-state index contributed by atoms with van der Waals surface area (Å²) < 4.78 is 5.65. The number of hydrogen-bond acceptors (Lipinski definition) is 6. The van der Waals surface area contributed by atoms with Crippen molar-refractivity contribution in [1.82, 2.24) is 5.43 Å². The normalized spacial score (nSPS) is 10.8. The Labute approximate surface area is 177 Å². The molecule has 0 fully saturated rings. The predicted octanol–water partition coefficient (Wildman–Crippen LogP) is 3.87. The average molecular weight is 420 g/mol. The lowest BCUT2D eigenvalue weighted by molar-refractivity contribution is -0.384. The maximum absolute atomic E-state index is 12.1. The number of nitrogens with zero attached hydrogens (tertiary/aromatic N) is 2. The summed E-state index contributed by atoms with van der Waals surface area (Å²) in [6, 6.07) is 13.3. The van der Waals surface area contributed by atoms with Crippen LogP contribution in [0.25, 0.3) is 11.3 Å². The Bertz CT molecular complexity index is 1180. The van der Waals surface area contributed by atoms with Gasteiger partial charge in [-0.15, -0.1) is 0 Å². The van der Waals surface area contributed by atoms with Gasteiger partial charge in [0.2, 0.25) is 0 Å². The maximum atomic E-state index is 12.1. The average Bonchev–Trinajstić information content (AvgIpc) is 3.19. The number of nitrogens with one attached hydrogen (secondary N) is 2. The van der Waals surface area contributed by atoms with Gasteiger partial charge in [-0.25, -0.2) is 5.43 Å². The van der Waals surface area contributed by atoms with Gasteiger partial charge in [-0.05, 0) is 55.7 Å². The standard InChI is InChI=1S/C22H20N4O5/c1-13-5-4-6-14(2)20(13)24-21(27)22(28)25-23-12-17-8-10-19(31-17)18-9-7-16(26(29)30)11-15(18)3/h4-12H,1-3H3,(H,24,27)(H,25,28). The largest absolute Gasteiger partial charge is 0.455 e. The molecule has 3 aromatic rings. The van der Waals surface area contributed by atoms with E-state index >= 15 is 0 Å². The van der Waals surface area contributed by atoms with Crippen LogP contribution in [0.3, 0.4) is 0 Å². The van der Waals surface area contributed by atoms with Crippen molar-refractivity contribution in [1.29, 1.82) is 0 Å². The Morgan fingerprint density at radius 1 is 1.00 bits per heavy atom. The second-order valence-electron chi connectivity index (χ2n) is 6.88. The molecule has 0 aliphatic carbocycles. The lowest BCUT2D eigenvalue weighted by atomic mass is 10.1. The number of hydrogen-bond donors (Lipinski definition) is 2. The van der Waals surface area contributed by atoms with Crippen molar-refractivity contribution >= 4 is 29.4 Å². The molecule has 158 valence electrons. The number of carbonyl (C=O) groups is 2. The number of hydrazone groups is 1. The highest BCUT2D eigenvalue weighted by molar-refractivity contribution is 6.39. The third-order valence-electron chi connectivity index (χ3n) is 4.60. The van der Waals surface area contributed by atoms with Gasteiger partial charge in [0.1, 0.15) is 11.5 Å². The fraction of sp³-hybridized carbons (Fsp3) is 0.136. The molecular formula is C22H20N4O5. The number of nitro benzene ring substituents is 1. The molecule has 2 amide bonds. The molecule has 2 aromatic carbocycles. The van der Waals surface area contributed by atoms with Crippen molar-refractivity contribution < 1.29 is 18.9 Å². The van der Waals surface area contributed by atoms with Gasteiger partial charge in [0, 0.05) is 23.4 Å². The zero-order chi connectivity index (χ0) is 22.5. The quantitative estimate of drug-likeness (QED) is 0.280. The van der Waals surface area contributed by atoms with Gasteiger partial charge in [0.25, 0.3) is 5.69 Å². The van der Waals surface area contributed by atoms with E-state index in [2.05, 4.69) is 15.8 Å². The lowest BCUT2D eigenvalue weighted by Gasteiger charge is -2.10. The van der Waals surface area contributed by atoms with Crippen molar-refractivity contribution in [3.05, 3.63) is 81.1 Å². The number of para-hydroxylation sites is 1. The van der Waals surface area contributed by atoms with Crippen molar-refractivity contribution in [2.45, 2.75) is 20.8 Å². The Morgan fingerprint density at radius 2 is 1.71 bits per heavy atom. The Hall–Kier alpha value is -4.27. The minimum Gasteiger partial charge on any atom is -0.455 e. The van der Waals surface area contributed by atoms with Crippen LogP contribution >= 0.6 is 0 Å². The van der Waals surface area contributed by atoms with Gasteiger partial charge >= 0.3 is 11.8 Å². The first kappa shape index (κ1) is 21.4. The SMILES string of the molecule is Cc1cc([N+](=O)[O-])ccc1-c1ccc(C=NNC(=O)C(=O)Nc2c(C)cccc2C)o1. The molecule has 0 atom stereocenters. The van der Waals surface area contributed by atoms with Crippen LogP contribution in [0.15, 0.2) is 58.0 Å². The number of furan rings is 1. The fourth-order valence-electron chi connectivity index (χ4n) is 2.99. The summed E-state index contributed by atoms with van der Waals surface area (Å²) in [7, 11) is 0. The molecule has 0 unspecified atom stereocenters. The number of carbonyl (C=O) groups excluding carboxylic acids is 2. The Balaban J connectivity index is 1.63. The van der Waals surface area contributed by atoms with Gasteiger partial charge < -0.3 is 9.73 Å². The molecule has 2 N–H and O–H groups in total. The Morgan fingerprint density at radius 3 is 2.35 bits per heavy atom. The minimum atomic E-state index is -0.920. The first-order valence-electron chi connectivity index (χ1n) is 9.32. The van der Waals surface area contributed by atoms with E-state index in [0.29, 0.717) is 28.3 Å². The van der Waals surface area contributed by atoms with Gasteiger partial charge in [0.05, 0.1) is 11.1 Å². The molecule has 0 saturated carbocycles. The fourth-order valence-corrected chi connectivity index (χ4v) is 2.99. The van der Waals surface area contributed by atoms with Crippen molar-refractivity contribution in [2.24, 2.45) is 5.10 Å². The molecule has 1 heterocycles. The summed E-state index contributed by atoms with van der Waals surface area (Å²) in [4.78, 5) is 34.5. The topological polar surface area (TPSA) is 127 Å². The van der Waals surface area contributed by atoms with Crippen molar-refractivity contribution in [3.63, 3.8) is 0 Å². The summed E-state index contributed by atoms with van der Waals surface area (Å²) in [6.07, 6.45) is 1.26. The molecule has 9 heteroatoms. The first-order valence-corrected chi connectivity index (χ1v) is 9.32. The summed E-state index contributed by atoms with van der Waals surface area (Å²) in [6.45, 7) is 5.41. The summed E-state index contributed by atoms with van der Waals surface area (Å²) in [5.41, 5.74) is 5.80. The number of non-ortho nitro benzene ring substituents is 1. The third kappa shape index (κ3) is 5.02. The van der Waals surface area contributed by atoms with Gasteiger partial charge in [-0.3, -0.25) is 19.7 Å². The maximum Gasteiger partial charge on any atom is 0.329 e. The number of anilines is 1. The molecule has 0 aliphatic rings. The molecule has 9 nitrogen and oxygen atoms in total. The Kier molecular flexibility index (Phi) is 6.25. The highest BCUT2D eigenvalue weighted by atomic mass is 16.6. The van der Waals surface area contributed by atoms with Crippen LogP contribution in [0.5, 0.6) is 0 Å². The second kappa shape index (κ2) is 9.04. The van der Waals surface area contributed by atoms with Gasteiger partial charge in [-0.2, -0.15) is 5.10 Å². The van der Waals surface area contributed by atoms with E-state index in [9.17, 15) is 19.7 Å². The van der Waals surface area contributed by atoms with Crippen molar-refractivity contribution in [2.75, 3.05) is 5.32 Å². The van der Waals surface area contributed by atoms with E-state index < -0.39 is 16.7 Å². The highest BCUT2D eigenvalue weighted by Crippen LogP contribution is 2.28. The van der Waals surface area contributed by atoms with Crippen LogP contribution in [0.2, 0.25) is 0 Å². The van der Waals surface area contributed by atoms with Crippen LogP contribution in [0.4, 0.5) is 11.4 Å². The van der Waals surface area contributed by atoms with Crippen LogP contribution in [-0.4, -0.2) is 23.0 Å². The van der Waals surface area contributed by atoms with Gasteiger partial charge in [0.15, 0.2) is 0 Å². The zero-order valence-electron chi connectivity index (χ0n) is 17.1. The highest BCUT2D eigenvalue weighted by Gasteiger charge is 2.15. The van der Waals surface area contributed by atoms with Gasteiger partial charge in [-0.1, -0.05) is 18.2 Å². The van der Waals surface area contributed by atoms with E-state index in [-0.39, 0.29) is 5.69 Å². The molecule has 0 spiro atoms. The molecular weight excluding hydrogens is 400 g/mol. The van der Waals surface area contributed by atoms with Crippen LogP contribution in [0, 0.1) is 30.9 Å². The molecule has 0 aliphatic heterocycles. The van der Waals surface area contributed by atoms with Crippen LogP contribution in [0.1, 0.15) is 22.5 Å². The predicted molar refractivity (Wildman–Crippen MR) is 116 cm³/mol. The van der Waals surface area contributed by atoms with E-state index in [1.807, 2.05) is 32.0 Å². The number of rotatable bonds is 5. The van der Waals surface area contributed by atoms with E-state index in [4.69, 9.17) is 4.42 Å². The van der Waals surface area contributed by atoms with Crippen LogP contribution in [-0.2, 0) is 9.59 Å². The summed E-state index contributed by atoms with van der Waals surface area (Å²) in [5, 5.41) is 17.2. The number of aryl methyl sites for hydroxylation is 3. The zero-order valence-corrected chi connectivity index (χ0v) is 17.1.